The van der Waals surface area contributed by atoms with Crippen molar-refractivity contribution < 1.29 is 4.79 Å². The molecule has 0 unspecified atom stereocenters. The number of aromatic nitrogens is 2. The molecule has 0 spiro atoms. The molecular weight excluding hydrogens is 376 g/mol. The van der Waals surface area contributed by atoms with Crippen molar-refractivity contribution in [2.75, 3.05) is 36.4 Å². The summed E-state index contributed by atoms with van der Waals surface area (Å²) >= 11 is 0. The molecule has 1 aliphatic rings. The average Bonchev–Trinajstić information content (AvgIpc) is 2.79. The van der Waals surface area contributed by atoms with E-state index < -0.39 is 0 Å². The second-order valence-electron chi connectivity index (χ2n) is 7.22. The highest BCUT2D eigenvalue weighted by molar-refractivity contribution is 5.93. The number of aryl methyl sites for hydroxylation is 1. The highest BCUT2D eigenvalue weighted by Gasteiger charge is 2.23. The Hall–Kier alpha value is -3.92. The molecular formula is C23H22N6O. The molecule has 7 heteroatoms. The third kappa shape index (κ3) is 4.39. The van der Waals surface area contributed by atoms with Crippen LogP contribution in [0.1, 0.15) is 21.6 Å². The summed E-state index contributed by atoms with van der Waals surface area (Å²) in [4.78, 5) is 25.4. The molecule has 1 N–H and O–H groups in total. The molecule has 1 amide bonds. The Morgan fingerprint density at radius 3 is 2.60 bits per heavy atom. The summed E-state index contributed by atoms with van der Waals surface area (Å²) in [5, 5.41) is 12.2. The van der Waals surface area contributed by atoms with Gasteiger partial charge in [-0.25, -0.2) is 9.97 Å². The molecule has 0 aliphatic carbocycles. The number of hydrogen-bond acceptors (Lipinski definition) is 6. The number of rotatable bonds is 4. The van der Waals surface area contributed by atoms with Crippen LogP contribution in [0.25, 0.3) is 0 Å². The first-order valence-electron chi connectivity index (χ1n) is 9.82. The molecule has 4 rings (SSSR count). The van der Waals surface area contributed by atoms with Gasteiger partial charge in [0.2, 0.25) is 0 Å². The Morgan fingerprint density at radius 2 is 1.83 bits per heavy atom. The maximum absolute atomic E-state index is 12.9. The van der Waals surface area contributed by atoms with Crippen LogP contribution in [-0.2, 0) is 0 Å². The van der Waals surface area contributed by atoms with Crippen LogP contribution in [0.4, 0.5) is 17.2 Å². The average molecular weight is 398 g/mol. The summed E-state index contributed by atoms with van der Waals surface area (Å²) in [6.07, 6.45) is 1.38. The monoisotopic (exact) mass is 398 g/mol. The summed E-state index contributed by atoms with van der Waals surface area (Å²) < 4.78 is 0. The number of nitriles is 1. The lowest BCUT2D eigenvalue weighted by Gasteiger charge is -2.36. The van der Waals surface area contributed by atoms with Crippen molar-refractivity contribution in [3.63, 3.8) is 0 Å². The molecule has 1 saturated heterocycles. The number of piperazine rings is 1. The first-order chi connectivity index (χ1) is 14.6. The van der Waals surface area contributed by atoms with E-state index in [1.165, 1.54) is 17.6 Å². The Labute approximate surface area is 175 Å². The predicted molar refractivity (Wildman–Crippen MR) is 116 cm³/mol. The van der Waals surface area contributed by atoms with Crippen LogP contribution in [0.3, 0.4) is 0 Å². The van der Waals surface area contributed by atoms with E-state index in [0.717, 1.165) is 18.8 Å². The lowest BCUT2D eigenvalue weighted by Crippen LogP contribution is -2.49. The number of hydrogen-bond donors (Lipinski definition) is 1. The lowest BCUT2D eigenvalue weighted by molar-refractivity contribution is 0.0740. The van der Waals surface area contributed by atoms with E-state index in [2.05, 4.69) is 57.4 Å². The van der Waals surface area contributed by atoms with E-state index in [1.54, 1.807) is 24.3 Å². The van der Waals surface area contributed by atoms with Crippen LogP contribution < -0.4 is 10.2 Å². The summed E-state index contributed by atoms with van der Waals surface area (Å²) in [7, 11) is 0. The van der Waals surface area contributed by atoms with Gasteiger partial charge < -0.3 is 15.1 Å². The second kappa shape index (κ2) is 8.62. The van der Waals surface area contributed by atoms with E-state index in [1.807, 2.05) is 11.0 Å². The highest BCUT2D eigenvalue weighted by atomic mass is 16.2. The second-order valence-corrected chi connectivity index (χ2v) is 7.22. The zero-order valence-corrected chi connectivity index (χ0v) is 16.7. The molecule has 0 bridgehead atoms. The summed E-state index contributed by atoms with van der Waals surface area (Å²) in [6.45, 7) is 4.94. The number of amides is 1. The number of nitrogens with one attached hydrogen (secondary N) is 1. The number of carbonyl (C=O) groups is 1. The van der Waals surface area contributed by atoms with Crippen LogP contribution in [0.15, 0.2) is 60.9 Å². The predicted octanol–water partition coefficient (Wildman–Crippen LogP) is 3.36. The van der Waals surface area contributed by atoms with Gasteiger partial charge in [0.15, 0.2) is 0 Å². The number of anilines is 3. The summed E-state index contributed by atoms with van der Waals surface area (Å²) in [5.41, 5.74) is 4.06. The van der Waals surface area contributed by atoms with Gasteiger partial charge in [0, 0.05) is 43.6 Å². The van der Waals surface area contributed by atoms with E-state index >= 15 is 0 Å². The van der Waals surface area contributed by atoms with Crippen LogP contribution in [0.5, 0.6) is 0 Å². The van der Waals surface area contributed by atoms with Gasteiger partial charge in [-0.3, -0.25) is 4.79 Å². The van der Waals surface area contributed by atoms with Crippen molar-refractivity contribution in [1.29, 1.82) is 5.26 Å². The van der Waals surface area contributed by atoms with Gasteiger partial charge >= 0.3 is 0 Å². The van der Waals surface area contributed by atoms with Crippen LogP contribution in [0.2, 0.25) is 0 Å². The van der Waals surface area contributed by atoms with E-state index in [9.17, 15) is 4.79 Å². The molecule has 2 aromatic carbocycles. The van der Waals surface area contributed by atoms with Gasteiger partial charge in [-0.15, -0.1) is 0 Å². The third-order valence-electron chi connectivity index (χ3n) is 5.08. The fourth-order valence-corrected chi connectivity index (χ4v) is 3.51. The van der Waals surface area contributed by atoms with Crippen molar-refractivity contribution in [2.24, 2.45) is 0 Å². The minimum absolute atomic E-state index is 0.102. The van der Waals surface area contributed by atoms with Gasteiger partial charge in [0.1, 0.15) is 17.8 Å². The molecule has 3 aromatic rings. The van der Waals surface area contributed by atoms with Gasteiger partial charge in [-0.1, -0.05) is 18.2 Å². The summed E-state index contributed by atoms with van der Waals surface area (Å²) in [5.74, 6) is 0.414. The zero-order valence-electron chi connectivity index (χ0n) is 16.7. The maximum atomic E-state index is 12.9. The molecule has 1 aromatic heterocycles. The topological polar surface area (TPSA) is 85.1 Å². The van der Waals surface area contributed by atoms with Crippen molar-refractivity contribution in [1.82, 2.24) is 14.9 Å². The van der Waals surface area contributed by atoms with Gasteiger partial charge in [-0.2, -0.15) is 5.26 Å². The largest absolute Gasteiger partial charge is 0.368 e. The minimum atomic E-state index is -0.102. The third-order valence-corrected chi connectivity index (χ3v) is 5.08. The normalized spacial score (nSPS) is 13.6. The molecule has 30 heavy (non-hydrogen) atoms. The maximum Gasteiger partial charge on any atom is 0.272 e. The summed E-state index contributed by atoms with van der Waals surface area (Å²) in [6, 6.07) is 19.3. The molecule has 0 atom stereocenters. The zero-order chi connectivity index (χ0) is 20.9. The van der Waals surface area contributed by atoms with Crippen molar-refractivity contribution >= 4 is 23.1 Å². The van der Waals surface area contributed by atoms with Gasteiger partial charge in [-0.05, 0) is 42.8 Å². The lowest BCUT2D eigenvalue weighted by atomic mass is 10.2. The van der Waals surface area contributed by atoms with E-state index in [0.29, 0.717) is 30.2 Å². The van der Waals surface area contributed by atoms with Gasteiger partial charge in [0.25, 0.3) is 5.91 Å². The fourth-order valence-electron chi connectivity index (χ4n) is 3.51. The molecule has 2 heterocycles. The molecule has 150 valence electrons. The SMILES string of the molecule is Cc1cccc(N2CCN(C(=O)c3cc(Nc4cccc(C#N)c4)ncn3)CC2)c1. The molecule has 0 saturated carbocycles. The smallest absolute Gasteiger partial charge is 0.272 e. The fraction of sp³-hybridized carbons (Fsp3) is 0.217. The van der Waals surface area contributed by atoms with Crippen molar-refractivity contribution in [2.45, 2.75) is 6.92 Å². The molecule has 0 radical (unpaired) electrons. The number of nitrogens with zero attached hydrogens (tertiary/aromatic N) is 5. The first kappa shape index (κ1) is 19.4. The standard InChI is InChI=1S/C23H22N6O/c1-17-4-2-7-20(12-17)28-8-10-29(11-9-28)23(30)21-14-22(26-16-25-21)27-19-6-3-5-18(13-19)15-24/h2-7,12-14,16H,8-11H2,1H3,(H,25,26,27). The van der Waals surface area contributed by atoms with E-state index in [4.69, 9.17) is 5.26 Å². The van der Waals surface area contributed by atoms with Crippen LogP contribution >= 0.6 is 0 Å². The molecule has 1 fully saturated rings. The minimum Gasteiger partial charge on any atom is -0.368 e. The quantitative estimate of drug-likeness (QED) is 0.725. The Balaban J connectivity index is 1.41. The Morgan fingerprint density at radius 1 is 1.03 bits per heavy atom. The Bertz CT molecular complexity index is 1100. The van der Waals surface area contributed by atoms with Crippen molar-refractivity contribution in [3.05, 3.63) is 77.7 Å². The molecule has 1 aliphatic heterocycles. The first-order valence-corrected chi connectivity index (χ1v) is 9.82. The number of carbonyl (C=O) groups excluding carboxylic acids is 1. The van der Waals surface area contributed by atoms with Gasteiger partial charge in [0.05, 0.1) is 11.6 Å². The highest BCUT2D eigenvalue weighted by Crippen LogP contribution is 2.20. The molecule has 7 nitrogen and oxygen atoms in total. The van der Waals surface area contributed by atoms with Crippen LogP contribution in [-0.4, -0.2) is 47.0 Å². The van der Waals surface area contributed by atoms with Crippen molar-refractivity contribution in [3.8, 4) is 6.07 Å². The Kier molecular flexibility index (Phi) is 5.57. The van der Waals surface area contributed by atoms with Crippen LogP contribution in [0, 0.1) is 18.3 Å². The number of benzene rings is 2. The van der Waals surface area contributed by atoms with E-state index in [-0.39, 0.29) is 5.91 Å².